The Bertz CT molecular complexity index is 430. The second-order valence-corrected chi connectivity index (χ2v) is 4.57. The van der Waals surface area contributed by atoms with Gasteiger partial charge in [0.15, 0.2) is 0 Å². The van der Waals surface area contributed by atoms with Crippen LogP contribution in [0, 0.1) is 5.92 Å². The monoisotopic (exact) mass is 217 g/mol. The third-order valence-corrected chi connectivity index (χ3v) is 3.69. The molecule has 1 amide bonds. The highest BCUT2D eigenvalue weighted by molar-refractivity contribution is 5.99. The second-order valence-electron chi connectivity index (χ2n) is 4.57. The first-order valence-electron chi connectivity index (χ1n) is 5.76. The fraction of sp³-hybridized carbons (Fsp3) is 0.462. The molecule has 3 nitrogen and oxygen atoms in total. The first kappa shape index (κ1) is 9.70. The van der Waals surface area contributed by atoms with Crippen LogP contribution in [0.1, 0.15) is 19.3 Å². The van der Waals surface area contributed by atoms with Crippen LogP contribution >= 0.6 is 0 Å². The van der Waals surface area contributed by atoms with E-state index in [4.69, 9.17) is 4.74 Å². The molecule has 0 radical (unpaired) electrons. The molecule has 2 fully saturated rings. The van der Waals surface area contributed by atoms with Gasteiger partial charge < -0.3 is 9.64 Å². The largest absolute Gasteiger partial charge is 0.497 e. The summed E-state index contributed by atoms with van der Waals surface area (Å²) in [6.45, 7) is 0. The molecule has 1 heterocycles. The average molecular weight is 217 g/mol. The number of fused-ring (bicyclic) bond motifs is 2. The molecule has 1 aliphatic heterocycles. The van der Waals surface area contributed by atoms with Crippen LogP contribution in [0.4, 0.5) is 5.69 Å². The number of benzene rings is 1. The number of ether oxygens (including phenoxy) is 1. The van der Waals surface area contributed by atoms with Gasteiger partial charge in [-0.2, -0.15) is 0 Å². The van der Waals surface area contributed by atoms with Crippen molar-refractivity contribution in [1.29, 1.82) is 0 Å². The Morgan fingerprint density at radius 1 is 1.38 bits per heavy atom. The average Bonchev–Trinajstić information content (AvgIpc) is 2.89. The van der Waals surface area contributed by atoms with Crippen LogP contribution in [-0.4, -0.2) is 19.1 Å². The van der Waals surface area contributed by atoms with Crippen LogP contribution in [0.25, 0.3) is 0 Å². The van der Waals surface area contributed by atoms with Crippen molar-refractivity contribution in [3.05, 3.63) is 24.3 Å². The lowest BCUT2D eigenvalue weighted by Crippen LogP contribution is -2.36. The van der Waals surface area contributed by atoms with Crippen molar-refractivity contribution < 1.29 is 9.53 Å². The van der Waals surface area contributed by atoms with Crippen molar-refractivity contribution in [2.75, 3.05) is 12.0 Å². The summed E-state index contributed by atoms with van der Waals surface area (Å²) < 4.78 is 5.19. The van der Waals surface area contributed by atoms with Crippen molar-refractivity contribution >= 4 is 11.6 Å². The summed E-state index contributed by atoms with van der Waals surface area (Å²) >= 11 is 0. The van der Waals surface area contributed by atoms with Crippen molar-refractivity contribution in [2.24, 2.45) is 5.92 Å². The molecule has 2 aliphatic rings. The Morgan fingerprint density at radius 2 is 2.25 bits per heavy atom. The van der Waals surface area contributed by atoms with Gasteiger partial charge in [0, 0.05) is 23.7 Å². The normalized spacial score (nSPS) is 27.6. The van der Waals surface area contributed by atoms with Crippen molar-refractivity contribution in [1.82, 2.24) is 0 Å². The molecule has 84 valence electrons. The predicted molar refractivity (Wildman–Crippen MR) is 61.6 cm³/mol. The van der Waals surface area contributed by atoms with Crippen LogP contribution in [0.3, 0.4) is 0 Å². The molecule has 1 aromatic carbocycles. The molecule has 1 aliphatic carbocycles. The zero-order chi connectivity index (χ0) is 11.1. The van der Waals surface area contributed by atoms with E-state index in [2.05, 4.69) is 0 Å². The molecule has 0 aromatic heterocycles. The Kier molecular flexibility index (Phi) is 2.13. The van der Waals surface area contributed by atoms with E-state index in [1.165, 1.54) is 0 Å². The Labute approximate surface area is 95.0 Å². The number of carbonyl (C=O) groups excluding carboxylic acids is 1. The first-order chi connectivity index (χ1) is 7.79. The minimum absolute atomic E-state index is 0.274. The van der Waals surface area contributed by atoms with Crippen molar-refractivity contribution in [3.8, 4) is 5.75 Å². The van der Waals surface area contributed by atoms with Gasteiger partial charge in [-0.3, -0.25) is 4.79 Å². The fourth-order valence-corrected chi connectivity index (χ4v) is 2.89. The predicted octanol–water partition coefficient (Wildman–Crippen LogP) is 2.21. The maximum absolute atomic E-state index is 12.1. The minimum Gasteiger partial charge on any atom is -0.497 e. The van der Waals surface area contributed by atoms with E-state index in [1.807, 2.05) is 29.2 Å². The maximum Gasteiger partial charge on any atom is 0.230 e. The number of hydrogen-bond acceptors (Lipinski definition) is 2. The topological polar surface area (TPSA) is 29.5 Å². The Hall–Kier alpha value is -1.51. The van der Waals surface area contributed by atoms with Gasteiger partial charge in [-0.15, -0.1) is 0 Å². The number of amides is 1. The molecular formula is C13H15NO2. The summed E-state index contributed by atoms with van der Waals surface area (Å²) in [4.78, 5) is 14.0. The number of nitrogens with zero attached hydrogens (tertiary/aromatic N) is 1. The Morgan fingerprint density at radius 3 is 2.94 bits per heavy atom. The van der Waals surface area contributed by atoms with E-state index in [1.54, 1.807) is 7.11 Å². The van der Waals surface area contributed by atoms with Gasteiger partial charge in [0.05, 0.1) is 7.11 Å². The molecule has 2 bridgehead atoms. The zero-order valence-corrected chi connectivity index (χ0v) is 9.35. The summed E-state index contributed by atoms with van der Waals surface area (Å²) in [5.41, 5.74) is 0.983. The number of methoxy groups -OCH3 is 1. The number of rotatable bonds is 2. The fourth-order valence-electron chi connectivity index (χ4n) is 2.89. The van der Waals surface area contributed by atoms with E-state index in [0.717, 1.165) is 30.7 Å². The number of anilines is 1. The number of hydrogen-bond donors (Lipinski definition) is 0. The van der Waals surface area contributed by atoms with Crippen LogP contribution < -0.4 is 9.64 Å². The molecule has 1 saturated heterocycles. The molecule has 1 aromatic rings. The number of piperidine rings is 1. The third kappa shape index (κ3) is 1.31. The quantitative estimate of drug-likeness (QED) is 0.760. The summed E-state index contributed by atoms with van der Waals surface area (Å²) in [5.74, 6) is 1.38. The first-order valence-corrected chi connectivity index (χ1v) is 5.76. The second kappa shape index (κ2) is 3.51. The van der Waals surface area contributed by atoms with E-state index in [0.29, 0.717) is 11.9 Å². The molecule has 16 heavy (non-hydrogen) atoms. The lowest BCUT2D eigenvalue weighted by molar-refractivity contribution is -0.121. The molecule has 0 N–H and O–H groups in total. The Balaban J connectivity index is 1.94. The maximum atomic E-state index is 12.1. The summed E-state index contributed by atoms with van der Waals surface area (Å²) in [5, 5.41) is 0. The molecule has 2 atom stereocenters. The highest BCUT2D eigenvalue weighted by Gasteiger charge is 2.45. The van der Waals surface area contributed by atoms with E-state index >= 15 is 0 Å². The highest BCUT2D eigenvalue weighted by Crippen LogP contribution is 2.41. The lowest BCUT2D eigenvalue weighted by atomic mass is 10.1. The van der Waals surface area contributed by atoms with Gasteiger partial charge in [0.2, 0.25) is 5.91 Å². The SMILES string of the molecule is COc1cccc(N2C(=O)C3CCC2C3)c1. The third-order valence-electron chi connectivity index (χ3n) is 3.69. The molecule has 2 unspecified atom stereocenters. The molecule has 3 rings (SSSR count). The van der Waals surface area contributed by atoms with Crippen molar-refractivity contribution in [3.63, 3.8) is 0 Å². The van der Waals surface area contributed by atoms with Gasteiger partial charge in [-0.05, 0) is 31.4 Å². The van der Waals surface area contributed by atoms with Gasteiger partial charge in [0.1, 0.15) is 5.75 Å². The lowest BCUT2D eigenvalue weighted by Gasteiger charge is -2.27. The molecular weight excluding hydrogens is 202 g/mol. The molecule has 0 spiro atoms. The van der Waals surface area contributed by atoms with E-state index < -0.39 is 0 Å². The van der Waals surface area contributed by atoms with Gasteiger partial charge in [-0.1, -0.05) is 6.07 Å². The van der Waals surface area contributed by atoms with Gasteiger partial charge in [0.25, 0.3) is 0 Å². The minimum atomic E-state index is 0.274. The van der Waals surface area contributed by atoms with Crippen LogP contribution in [0.5, 0.6) is 5.75 Å². The zero-order valence-electron chi connectivity index (χ0n) is 9.35. The highest BCUT2D eigenvalue weighted by atomic mass is 16.5. The van der Waals surface area contributed by atoms with E-state index in [-0.39, 0.29) is 5.92 Å². The van der Waals surface area contributed by atoms with Crippen LogP contribution in [0.15, 0.2) is 24.3 Å². The van der Waals surface area contributed by atoms with Crippen molar-refractivity contribution in [2.45, 2.75) is 25.3 Å². The van der Waals surface area contributed by atoms with Gasteiger partial charge in [-0.25, -0.2) is 0 Å². The van der Waals surface area contributed by atoms with E-state index in [9.17, 15) is 4.79 Å². The van der Waals surface area contributed by atoms with Gasteiger partial charge >= 0.3 is 0 Å². The summed E-state index contributed by atoms with van der Waals surface area (Å²) in [6.07, 6.45) is 3.26. The van der Waals surface area contributed by atoms with Crippen LogP contribution in [-0.2, 0) is 4.79 Å². The standard InChI is InChI=1S/C13H15NO2/c1-16-12-4-2-3-10(8-12)14-11-6-5-9(7-11)13(14)15/h2-4,8-9,11H,5-7H2,1H3. The smallest absolute Gasteiger partial charge is 0.230 e. The summed E-state index contributed by atoms with van der Waals surface area (Å²) in [6, 6.07) is 8.19. The molecule has 1 saturated carbocycles. The summed E-state index contributed by atoms with van der Waals surface area (Å²) in [7, 11) is 1.65. The molecule has 3 heteroatoms. The van der Waals surface area contributed by atoms with Crippen LogP contribution in [0.2, 0.25) is 0 Å². The number of carbonyl (C=O) groups is 1.